The smallest absolute Gasteiger partial charge is 0.339 e. The molecule has 0 radical (unpaired) electrons. The molecule has 2 aromatic rings. The Morgan fingerprint density at radius 3 is 2.65 bits per heavy atom. The molecule has 0 unspecified atom stereocenters. The first-order valence-electron chi connectivity index (χ1n) is 7.99. The van der Waals surface area contributed by atoms with Gasteiger partial charge in [-0.2, -0.15) is 4.31 Å². The molecule has 26 heavy (non-hydrogen) atoms. The van der Waals surface area contributed by atoms with E-state index in [1.54, 1.807) is 5.38 Å². The van der Waals surface area contributed by atoms with Crippen molar-refractivity contribution in [3.05, 3.63) is 39.5 Å². The standard InChI is InChI=1S/C16H18N2O6S2/c1-10-12(16(20)21)8-11(24-10)9-17-15(19)14-13(4-7-25-14)26(22,23)18-5-2-3-6-18/h4,7-8H,2-3,5-6,9H2,1H3,(H,17,19)(H,20,21). The molecule has 3 heterocycles. The van der Waals surface area contributed by atoms with Crippen LogP contribution in [0.2, 0.25) is 0 Å². The van der Waals surface area contributed by atoms with Crippen molar-refractivity contribution in [1.29, 1.82) is 0 Å². The number of carbonyl (C=O) groups is 2. The number of carboxylic acid groups (broad SMARTS) is 1. The fourth-order valence-electron chi connectivity index (χ4n) is 2.82. The minimum absolute atomic E-state index is 0.00347. The molecule has 0 bridgehead atoms. The zero-order valence-corrected chi connectivity index (χ0v) is 15.7. The van der Waals surface area contributed by atoms with Crippen LogP contribution in [-0.4, -0.2) is 42.8 Å². The number of furan rings is 1. The summed E-state index contributed by atoms with van der Waals surface area (Å²) in [5.41, 5.74) is 0.0303. The minimum Gasteiger partial charge on any atom is -0.478 e. The number of nitrogens with zero attached hydrogens (tertiary/aromatic N) is 1. The Balaban J connectivity index is 1.74. The Labute approximate surface area is 154 Å². The Morgan fingerprint density at radius 2 is 2.04 bits per heavy atom. The van der Waals surface area contributed by atoms with E-state index in [1.807, 2.05) is 0 Å². The maximum atomic E-state index is 12.7. The van der Waals surface area contributed by atoms with Gasteiger partial charge in [0.25, 0.3) is 5.91 Å². The molecule has 0 aliphatic carbocycles. The van der Waals surface area contributed by atoms with Gasteiger partial charge in [0, 0.05) is 13.1 Å². The van der Waals surface area contributed by atoms with Crippen LogP contribution in [0.1, 0.15) is 44.4 Å². The van der Waals surface area contributed by atoms with E-state index in [4.69, 9.17) is 9.52 Å². The summed E-state index contributed by atoms with van der Waals surface area (Å²) >= 11 is 1.05. The van der Waals surface area contributed by atoms with Crippen LogP contribution in [0.4, 0.5) is 0 Å². The highest BCUT2D eigenvalue weighted by atomic mass is 32.2. The summed E-state index contributed by atoms with van der Waals surface area (Å²) in [5, 5.41) is 13.2. The molecule has 1 fully saturated rings. The third-order valence-corrected chi connectivity index (χ3v) is 7.12. The van der Waals surface area contributed by atoms with Crippen molar-refractivity contribution in [2.45, 2.75) is 31.2 Å². The van der Waals surface area contributed by atoms with Gasteiger partial charge < -0.3 is 14.8 Å². The third-order valence-electron chi connectivity index (χ3n) is 4.14. The van der Waals surface area contributed by atoms with Gasteiger partial charge in [0.15, 0.2) is 0 Å². The van der Waals surface area contributed by atoms with Crippen molar-refractivity contribution in [2.75, 3.05) is 13.1 Å². The summed E-state index contributed by atoms with van der Waals surface area (Å²) in [6, 6.07) is 2.78. The largest absolute Gasteiger partial charge is 0.478 e. The number of thiophene rings is 1. The molecule has 2 aromatic heterocycles. The van der Waals surface area contributed by atoms with E-state index in [9.17, 15) is 18.0 Å². The number of hydrogen-bond donors (Lipinski definition) is 2. The lowest BCUT2D eigenvalue weighted by Crippen LogP contribution is -2.30. The van der Waals surface area contributed by atoms with Gasteiger partial charge in [0.1, 0.15) is 26.9 Å². The zero-order valence-electron chi connectivity index (χ0n) is 14.0. The number of aromatic carboxylic acids is 1. The molecule has 1 aliphatic heterocycles. The number of aryl methyl sites for hydroxylation is 1. The van der Waals surface area contributed by atoms with E-state index in [0.29, 0.717) is 13.1 Å². The van der Waals surface area contributed by atoms with Gasteiger partial charge in [-0.3, -0.25) is 4.79 Å². The van der Waals surface area contributed by atoms with Crippen LogP contribution in [0.3, 0.4) is 0 Å². The van der Waals surface area contributed by atoms with Crippen molar-refractivity contribution >= 4 is 33.2 Å². The number of rotatable bonds is 6. The highest BCUT2D eigenvalue weighted by Crippen LogP contribution is 2.27. The van der Waals surface area contributed by atoms with Crippen LogP contribution in [0.25, 0.3) is 0 Å². The molecule has 0 spiro atoms. The first-order chi connectivity index (χ1) is 12.3. The summed E-state index contributed by atoms with van der Waals surface area (Å²) in [7, 11) is -3.69. The SMILES string of the molecule is Cc1oc(CNC(=O)c2sccc2S(=O)(=O)N2CCCC2)cc1C(=O)O. The topological polar surface area (TPSA) is 117 Å². The summed E-state index contributed by atoms with van der Waals surface area (Å²) in [4.78, 5) is 23.6. The Kier molecular flexibility index (Phi) is 5.17. The van der Waals surface area contributed by atoms with Crippen molar-refractivity contribution in [3.63, 3.8) is 0 Å². The second-order valence-corrected chi connectivity index (χ2v) is 8.72. The van der Waals surface area contributed by atoms with Crippen LogP contribution >= 0.6 is 11.3 Å². The molecule has 0 aromatic carbocycles. The number of hydrogen-bond acceptors (Lipinski definition) is 6. The second-order valence-electron chi connectivity index (χ2n) is 5.90. The van der Waals surface area contributed by atoms with Crippen molar-refractivity contribution in [2.24, 2.45) is 0 Å². The molecule has 8 nitrogen and oxygen atoms in total. The van der Waals surface area contributed by atoms with Crippen molar-refractivity contribution < 1.29 is 27.5 Å². The van der Waals surface area contributed by atoms with Gasteiger partial charge in [0.2, 0.25) is 10.0 Å². The predicted octanol–water partition coefficient (Wildman–Crippen LogP) is 2.06. The van der Waals surface area contributed by atoms with E-state index >= 15 is 0 Å². The molecule has 2 N–H and O–H groups in total. The Bertz CT molecular complexity index is 938. The monoisotopic (exact) mass is 398 g/mol. The number of sulfonamides is 1. The minimum atomic E-state index is -3.69. The highest BCUT2D eigenvalue weighted by molar-refractivity contribution is 7.89. The van der Waals surface area contributed by atoms with Crippen molar-refractivity contribution in [1.82, 2.24) is 9.62 Å². The second kappa shape index (κ2) is 7.22. The maximum Gasteiger partial charge on any atom is 0.339 e. The van der Waals surface area contributed by atoms with Gasteiger partial charge in [-0.1, -0.05) is 0 Å². The van der Waals surface area contributed by atoms with E-state index in [2.05, 4.69) is 5.32 Å². The lowest BCUT2D eigenvalue weighted by atomic mass is 10.2. The average Bonchev–Trinajstić information content (AvgIpc) is 3.32. The Morgan fingerprint density at radius 1 is 1.35 bits per heavy atom. The maximum absolute atomic E-state index is 12.7. The lowest BCUT2D eigenvalue weighted by molar-refractivity contribution is 0.0694. The molecule has 140 valence electrons. The van der Waals surface area contributed by atoms with Crippen LogP contribution in [0.5, 0.6) is 0 Å². The van der Waals surface area contributed by atoms with Crippen LogP contribution < -0.4 is 5.32 Å². The molecule has 1 amide bonds. The summed E-state index contributed by atoms with van der Waals surface area (Å²) in [6.07, 6.45) is 1.63. The third kappa shape index (κ3) is 3.53. The van der Waals surface area contributed by atoms with Gasteiger partial charge in [-0.25, -0.2) is 13.2 Å². The van der Waals surface area contributed by atoms with Crippen molar-refractivity contribution in [3.8, 4) is 0 Å². The van der Waals surface area contributed by atoms with Gasteiger partial charge in [0.05, 0.1) is 6.54 Å². The average molecular weight is 398 g/mol. The molecule has 0 saturated carbocycles. The van der Waals surface area contributed by atoms with Gasteiger partial charge in [-0.15, -0.1) is 11.3 Å². The first-order valence-corrected chi connectivity index (χ1v) is 10.3. The summed E-state index contributed by atoms with van der Waals surface area (Å²) in [5.74, 6) is -1.12. The quantitative estimate of drug-likeness (QED) is 0.769. The van der Waals surface area contributed by atoms with E-state index in [-0.39, 0.29) is 33.4 Å². The van der Waals surface area contributed by atoms with E-state index < -0.39 is 21.9 Å². The first kappa shape index (κ1) is 18.6. The summed E-state index contributed by atoms with van der Waals surface area (Å²) < 4.78 is 32.1. The molecule has 10 heteroatoms. The van der Waals surface area contributed by atoms with E-state index in [1.165, 1.54) is 23.4 Å². The summed E-state index contributed by atoms with van der Waals surface area (Å²) in [6.45, 7) is 2.41. The normalized spacial score (nSPS) is 15.3. The number of carboxylic acids is 1. The van der Waals surface area contributed by atoms with Crippen LogP contribution in [-0.2, 0) is 16.6 Å². The number of amides is 1. The molecular weight excluding hydrogens is 380 g/mol. The molecule has 3 rings (SSSR count). The Hall–Kier alpha value is -2.17. The molecule has 0 atom stereocenters. The molecular formula is C16H18N2O6S2. The lowest BCUT2D eigenvalue weighted by Gasteiger charge is -2.15. The fraction of sp³-hybridized carbons (Fsp3) is 0.375. The van der Waals surface area contributed by atoms with Gasteiger partial charge >= 0.3 is 5.97 Å². The number of nitrogens with one attached hydrogen (secondary N) is 1. The molecule has 1 aliphatic rings. The predicted molar refractivity (Wildman–Crippen MR) is 93.9 cm³/mol. The fourth-order valence-corrected chi connectivity index (χ4v) is 5.66. The number of carbonyl (C=O) groups excluding carboxylic acids is 1. The zero-order chi connectivity index (χ0) is 18.9. The molecule has 1 saturated heterocycles. The van der Waals surface area contributed by atoms with E-state index in [0.717, 1.165) is 24.2 Å². The van der Waals surface area contributed by atoms with Crippen LogP contribution in [0.15, 0.2) is 26.8 Å². The van der Waals surface area contributed by atoms with Crippen LogP contribution in [0, 0.1) is 6.92 Å². The van der Waals surface area contributed by atoms with Gasteiger partial charge in [-0.05, 0) is 37.3 Å². The highest BCUT2D eigenvalue weighted by Gasteiger charge is 2.31.